The lowest BCUT2D eigenvalue weighted by molar-refractivity contribution is 0.370. The average molecular weight is 223 g/mol. The van der Waals surface area contributed by atoms with Gasteiger partial charge in [-0.1, -0.05) is 6.07 Å². The van der Waals surface area contributed by atoms with Gasteiger partial charge in [0, 0.05) is 6.07 Å². The third-order valence-electron chi connectivity index (χ3n) is 3.17. The highest BCUT2D eigenvalue weighted by Crippen LogP contribution is 2.21. The molecule has 88 valence electrons. The highest BCUT2D eigenvalue weighted by molar-refractivity contribution is 5.29. The van der Waals surface area contributed by atoms with Crippen LogP contribution >= 0.6 is 0 Å². The lowest BCUT2D eigenvalue weighted by atomic mass is 9.92. The number of benzene rings is 1. The van der Waals surface area contributed by atoms with E-state index in [1.807, 2.05) is 12.1 Å². The van der Waals surface area contributed by atoms with Crippen molar-refractivity contribution in [2.24, 2.45) is 5.92 Å². The molecule has 0 bridgehead atoms. The van der Waals surface area contributed by atoms with Crippen molar-refractivity contribution in [3.8, 4) is 5.75 Å². The molecule has 1 aliphatic rings. The second kappa shape index (κ2) is 5.30. The summed E-state index contributed by atoms with van der Waals surface area (Å²) in [4.78, 5) is 0. The van der Waals surface area contributed by atoms with Crippen molar-refractivity contribution in [2.45, 2.75) is 19.3 Å². The van der Waals surface area contributed by atoms with Gasteiger partial charge < -0.3 is 10.1 Å². The number of piperidine rings is 1. The maximum atomic E-state index is 13.7. The molecule has 2 nitrogen and oxygen atoms in total. The molecule has 1 aliphatic heterocycles. The summed E-state index contributed by atoms with van der Waals surface area (Å²) in [5.74, 6) is 1.00. The second-order valence-corrected chi connectivity index (χ2v) is 4.37. The number of methoxy groups -OCH3 is 1. The van der Waals surface area contributed by atoms with Crippen LogP contribution in [0.3, 0.4) is 0 Å². The van der Waals surface area contributed by atoms with Crippen molar-refractivity contribution in [2.75, 3.05) is 20.2 Å². The third-order valence-corrected chi connectivity index (χ3v) is 3.17. The van der Waals surface area contributed by atoms with Gasteiger partial charge in [-0.2, -0.15) is 0 Å². The molecule has 0 spiro atoms. The molecular formula is C13H18FNO. The standard InChI is InChI=1S/C13H18FNO/c1-16-12-5-4-11(13(14)8-12)7-10-3-2-6-15-9-10/h4-5,8,10,15H,2-3,6-7,9H2,1H3. The van der Waals surface area contributed by atoms with Crippen molar-refractivity contribution < 1.29 is 9.13 Å². The van der Waals surface area contributed by atoms with Crippen LogP contribution in [0.2, 0.25) is 0 Å². The summed E-state index contributed by atoms with van der Waals surface area (Å²) >= 11 is 0. The zero-order chi connectivity index (χ0) is 11.4. The molecule has 16 heavy (non-hydrogen) atoms. The Morgan fingerprint density at radius 3 is 3.00 bits per heavy atom. The summed E-state index contributed by atoms with van der Waals surface area (Å²) in [6.45, 7) is 2.10. The summed E-state index contributed by atoms with van der Waals surface area (Å²) in [5.41, 5.74) is 0.800. The zero-order valence-electron chi connectivity index (χ0n) is 9.63. The van der Waals surface area contributed by atoms with Gasteiger partial charge in [-0.25, -0.2) is 4.39 Å². The number of rotatable bonds is 3. The van der Waals surface area contributed by atoms with Crippen molar-refractivity contribution in [1.29, 1.82) is 0 Å². The average Bonchev–Trinajstić information content (AvgIpc) is 2.33. The maximum absolute atomic E-state index is 13.7. The smallest absolute Gasteiger partial charge is 0.130 e. The van der Waals surface area contributed by atoms with Gasteiger partial charge in [0.1, 0.15) is 11.6 Å². The first-order valence-electron chi connectivity index (χ1n) is 5.82. The van der Waals surface area contributed by atoms with Gasteiger partial charge in [0.15, 0.2) is 0 Å². The van der Waals surface area contributed by atoms with Crippen molar-refractivity contribution in [1.82, 2.24) is 5.32 Å². The summed E-state index contributed by atoms with van der Waals surface area (Å²) in [6.07, 6.45) is 3.21. The fourth-order valence-corrected chi connectivity index (χ4v) is 2.23. The third kappa shape index (κ3) is 2.73. The van der Waals surface area contributed by atoms with E-state index in [4.69, 9.17) is 4.74 Å². The summed E-state index contributed by atoms with van der Waals surface area (Å²) in [7, 11) is 1.56. The minimum absolute atomic E-state index is 0.148. The van der Waals surface area contributed by atoms with Gasteiger partial charge in [-0.15, -0.1) is 0 Å². The number of ether oxygens (including phenoxy) is 1. The first-order chi connectivity index (χ1) is 7.79. The van der Waals surface area contributed by atoms with E-state index in [2.05, 4.69) is 5.32 Å². The first-order valence-corrected chi connectivity index (χ1v) is 5.82. The van der Waals surface area contributed by atoms with Crippen LogP contribution in [-0.4, -0.2) is 20.2 Å². The molecule has 1 N–H and O–H groups in total. The molecule has 1 aromatic rings. The Hall–Kier alpha value is -1.09. The molecule has 1 unspecified atom stereocenters. The van der Waals surface area contributed by atoms with Gasteiger partial charge in [-0.05, 0) is 49.9 Å². The van der Waals surface area contributed by atoms with E-state index in [0.717, 1.165) is 25.1 Å². The molecule has 1 heterocycles. The van der Waals surface area contributed by atoms with Gasteiger partial charge in [0.2, 0.25) is 0 Å². The zero-order valence-corrected chi connectivity index (χ0v) is 9.63. The molecule has 0 aliphatic carbocycles. The predicted octanol–water partition coefficient (Wildman–Crippen LogP) is 2.38. The number of hydrogen-bond donors (Lipinski definition) is 1. The quantitative estimate of drug-likeness (QED) is 0.849. The molecule has 0 radical (unpaired) electrons. The van der Waals surface area contributed by atoms with Crippen LogP contribution in [-0.2, 0) is 6.42 Å². The van der Waals surface area contributed by atoms with E-state index >= 15 is 0 Å². The molecule has 1 atom stereocenters. The molecule has 0 saturated carbocycles. The fourth-order valence-electron chi connectivity index (χ4n) is 2.23. The largest absolute Gasteiger partial charge is 0.497 e. The lowest BCUT2D eigenvalue weighted by Gasteiger charge is -2.22. The molecule has 1 saturated heterocycles. The van der Waals surface area contributed by atoms with Crippen LogP contribution < -0.4 is 10.1 Å². The number of nitrogens with one attached hydrogen (secondary N) is 1. The Kier molecular flexibility index (Phi) is 3.78. The van der Waals surface area contributed by atoms with Crippen LogP contribution in [0.25, 0.3) is 0 Å². The van der Waals surface area contributed by atoms with E-state index in [-0.39, 0.29) is 5.82 Å². The van der Waals surface area contributed by atoms with Gasteiger partial charge in [0.05, 0.1) is 7.11 Å². The van der Waals surface area contributed by atoms with E-state index < -0.39 is 0 Å². The normalized spacial score (nSPS) is 20.8. The van der Waals surface area contributed by atoms with E-state index in [9.17, 15) is 4.39 Å². The Labute approximate surface area is 95.8 Å². The van der Waals surface area contributed by atoms with Crippen molar-refractivity contribution in [3.05, 3.63) is 29.6 Å². The molecule has 3 heteroatoms. The van der Waals surface area contributed by atoms with Crippen LogP contribution in [0.15, 0.2) is 18.2 Å². The minimum Gasteiger partial charge on any atom is -0.497 e. The van der Waals surface area contributed by atoms with Crippen molar-refractivity contribution >= 4 is 0 Å². The Morgan fingerprint density at radius 1 is 1.50 bits per heavy atom. The van der Waals surface area contributed by atoms with Crippen LogP contribution in [0, 0.1) is 11.7 Å². The van der Waals surface area contributed by atoms with E-state index in [1.54, 1.807) is 7.11 Å². The lowest BCUT2D eigenvalue weighted by Crippen LogP contribution is -2.31. The second-order valence-electron chi connectivity index (χ2n) is 4.37. The van der Waals surface area contributed by atoms with Crippen LogP contribution in [0.1, 0.15) is 18.4 Å². The Balaban J connectivity index is 2.03. The van der Waals surface area contributed by atoms with E-state index in [1.165, 1.54) is 18.9 Å². The topological polar surface area (TPSA) is 21.3 Å². The molecular weight excluding hydrogens is 205 g/mol. The Bertz CT molecular complexity index is 348. The maximum Gasteiger partial charge on any atom is 0.130 e. The predicted molar refractivity (Wildman–Crippen MR) is 62.2 cm³/mol. The number of halogens is 1. The molecule has 2 rings (SSSR count). The van der Waals surface area contributed by atoms with Crippen LogP contribution in [0.4, 0.5) is 4.39 Å². The highest BCUT2D eigenvalue weighted by atomic mass is 19.1. The fraction of sp³-hybridized carbons (Fsp3) is 0.538. The van der Waals surface area contributed by atoms with Gasteiger partial charge >= 0.3 is 0 Å². The molecule has 1 fully saturated rings. The highest BCUT2D eigenvalue weighted by Gasteiger charge is 2.15. The minimum atomic E-state index is -0.148. The van der Waals surface area contributed by atoms with E-state index in [0.29, 0.717) is 11.7 Å². The van der Waals surface area contributed by atoms with Gasteiger partial charge in [-0.3, -0.25) is 0 Å². The summed E-state index contributed by atoms with van der Waals surface area (Å²) in [6, 6.07) is 5.13. The van der Waals surface area contributed by atoms with Crippen LogP contribution in [0.5, 0.6) is 5.75 Å². The summed E-state index contributed by atoms with van der Waals surface area (Å²) < 4.78 is 18.7. The summed E-state index contributed by atoms with van der Waals surface area (Å²) in [5, 5.41) is 3.35. The monoisotopic (exact) mass is 223 g/mol. The van der Waals surface area contributed by atoms with Gasteiger partial charge in [0.25, 0.3) is 0 Å². The first kappa shape index (κ1) is 11.4. The number of hydrogen-bond acceptors (Lipinski definition) is 2. The SMILES string of the molecule is COc1ccc(CC2CCCNC2)c(F)c1. The molecule has 0 amide bonds. The van der Waals surface area contributed by atoms with Crippen molar-refractivity contribution in [3.63, 3.8) is 0 Å². The molecule has 1 aromatic carbocycles. The Morgan fingerprint density at radius 2 is 2.38 bits per heavy atom. The molecule has 0 aromatic heterocycles.